The lowest BCUT2D eigenvalue weighted by Crippen LogP contribution is -2.13. The second kappa shape index (κ2) is 4.50. The standard InChI is InChI=1S/C10H10BrN3O2S/c1-7-3-2-4-9(10(7)11)17(15,16)14-8-5-12-13-6-8/h2-6,14H,1H3,(H,12,13). The normalized spacial score (nSPS) is 11.4. The zero-order valence-corrected chi connectivity index (χ0v) is 11.3. The summed E-state index contributed by atoms with van der Waals surface area (Å²) in [4.78, 5) is 0.207. The predicted octanol–water partition coefficient (Wildman–Crippen LogP) is 2.28. The molecule has 5 nitrogen and oxygen atoms in total. The highest BCUT2D eigenvalue weighted by Gasteiger charge is 2.18. The van der Waals surface area contributed by atoms with Crippen LogP contribution < -0.4 is 4.72 Å². The summed E-state index contributed by atoms with van der Waals surface area (Å²) in [5, 5.41) is 6.22. The van der Waals surface area contributed by atoms with Gasteiger partial charge >= 0.3 is 0 Å². The third-order valence-electron chi connectivity index (χ3n) is 2.20. The third-order valence-corrected chi connectivity index (χ3v) is 4.94. The molecule has 17 heavy (non-hydrogen) atoms. The maximum Gasteiger partial charge on any atom is 0.263 e. The molecule has 0 atom stereocenters. The summed E-state index contributed by atoms with van der Waals surface area (Å²) >= 11 is 3.28. The maximum absolute atomic E-state index is 12.1. The van der Waals surface area contributed by atoms with E-state index in [0.29, 0.717) is 10.2 Å². The zero-order chi connectivity index (χ0) is 12.5. The van der Waals surface area contributed by atoms with Crippen molar-refractivity contribution < 1.29 is 8.42 Å². The number of sulfonamides is 1. The number of aryl methyl sites for hydroxylation is 1. The van der Waals surface area contributed by atoms with Crippen molar-refractivity contribution in [1.82, 2.24) is 10.2 Å². The number of nitrogens with one attached hydrogen (secondary N) is 2. The van der Waals surface area contributed by atoms with Crippen molar-refractivity contribution in [3.8, 4) is 0 Å². The third kappa shape index (κ3) is 2.50. The zero-order valence-electron chi connectivity index (χ0n) is 8.94. The molecule has 2 N–H and O–H groups in total. The molecule has 0 radical (unpaired) electrons. The van der Waals surface area contributed by atoms with Crippen molar-refractivity contribution in [2.75, 3.05) is 4.72 Å². The average molecular weight is 316 g/mol. The van der Waals surface area contributed by atoms with E-state index in [1.54, 1.807) is 12.1 Å². The first kappa shape index (κ1) is 12.1. The van der Waals surface area contributed by atoms with Crippen LogP contribution in [0.4, 0.5) is 5.69 Å². The van der Waals surface area contributed by atoms with Crippen molar-refractivity contribution in [3.63, 3.8) is 0 Å². The quantitative estimate of drug-likeness (QED) is 0.912. The molecule has 90 valence electrons. The molecule has 1 aromatic heterocycles. The number of rotatable bonds is 3. The van der Waals surface area contributed by atoms with Gasteiger partial charge in [0.05, 0.1) is 11.9 Å². The molecule has 0 fully saturated rings. The van der Waals surface area contributed by atoms with Gasteiger partial charge in [-0.2, -0.15) is 5.10 Å². The fourth-order valence-corrected chi connectivity index (χ4v) is 3.44. The monoisotopic (exact) mass is 315 g/mol. The van der Waals surface area contributed by atoms with Crippen molar-refractivity contribution >= 4 is 31.6 Å². The molecular weight excluding hydrogens is 306 g/mol. The van der Waals surface area contributed by atoms with Crippen LogP contribution in [0.3, 0.4) is 0 Å². The molecule has 7 heteroatoms. The van der Waals surface area contributed by atoms with Gasteiger partial charge in [-0.15, -0.1) is 0 Å². The van der Waals surface area contributed by atoms with Gasteiger partial charge in [-0.3, -0.25) is 9.82 Å². The van der Waals surface area contributed by atoms with E-state index >= 15 is 0 Å². The van der Waals surface area contributed by atoms with Crippen LogP contribution >= 0.6 is 15.9 Å². The molecule has 0 amide bonds. The smallest absolute Gasteiger partial charge is 0.263 e. The minimum Gasteiger partial charge on any atom is -0.284 e. The minimum atomic E-state index is -3.59. The topological polar surface area (TPSA) is 74.8 Å². The summed E-state index contributed by atoms with van der Waals surface area (Å²) in [6.45, 7) is 1.83. The largest absolute Gasteiger partial charge is 0.284 e. The number of hydrogen-bond acceptors (Lipinski definition) is 3. The van der Waals surface area contributed by atoms with E-state index in [0.717, 1.165) is 5.56 Å². The molecule has 0 saturated carbocycles. The van der Waals surface area contributed by atoms with Gasteiger partial charge in [-0.05, 0) is 34.5 Å². The summed E-state index contributed by atoms with van der Waals surface area (Å²) in [7, 11) is -3.59. The fourth-order valence-electron chi connectivity index (χ4n) is 1.34. The molecule has 1 aromatic carbocycles. The molecule has 0 saturated heterocycles. The molecular formula is C10H10BrN3O2S. The minimum absolute atomic E-state index is 0.207. The Hall–Kier alpha value is -1.34. The Bertz CT molecular complexity index is 623. The SMILES string of the molecule is Cc1cccc(S(=O)(=O)Nc2cn[nH]c2)c1Br. The Kier molecular flexibility index (Phi) is 3.21. The Morgan fingerprint density at radius 1 is 1.41 bits per heavy atom. The van der Waals surface area contributed by atoms with Crippen LogP contribution in [0.2, 0.25) is 0 Å². The van der Waals surface area contributed by atoms with Crippen LogP contribution in [0.5, 0.6) is 0 Å². The van der Waals surface area contributed by atoms with E-state index in [-0.39, 0.29) is 4.90 Å². The van der Waals surface area contributed by atoms with Gasteiger partial charge in [0.25, 0.3) is 10.0 Å². The molecule has 0 aliphatic heterocycles. The van der Waals surface area contributed by atoms with Crippen LogP contribution in [-0.4, -0.2) is 18.6 Å². The molecule has 2 rings (SSSR count). The van der Waals surface area contributed by atoms with Gasteiger partial charge in [-0.25, -0.2) is 8.42 Å². The van der Waals surface area contributed by atoms with Crippen molar-refractivity contribution in [2.24, 2.45) is 0 Å². The molecule has 1 heterocycles. The second-order valence-electron chi connectivity index (χ2n) is 3.48. The van der Waals surface area contributed by atoms with Gasteiger partial charge in [0, 0.05) is 10.7 Å². The first-order chi connectivity index (χ1) is 8.00. The Labute approximate surface area is 107 Å². The van der Waals surface area contributed by atoms with Crippen molar-refractivity contribution in [3.05, 3.63) is 40.6 Å². The fraction of sp³-hybridized carbons (Fsp3) is 0.100. The van der Waals surface area contributed by atoms with Gasteiger partial charge in [0.1, 0.15) is 4.90 Å². The van der Waals surface area contributed by atoms with Gasteiger partial charge in [0.15, 0.2) is 0 Å². The number of hydrogen-bond donors (Lipinski definition) is 2. The van der Waals surface area contributed by atoms with Gasteiger partial charge in [0.2, 0.25) is 0 Å². The maximum atomic E-state index is 12.1. The van der Waals surface area contributed by atoms with Gasteiger partial charge in [-0.1, -0.05) is 12.1 Å². The highest BCUT2D eigenvalue weighted by Crippen LogP contribution is 2.26. The number of benzene rings is 1. The highest BCUT2D eigenvalue weighted by molar-refractivity contribution is 9.10. The summed E-state index contributed by atoms with van der Waals surface area (Å²) in [6, 6.07) is 5.07. The summed E-state index contributed by atoms with van der Waals surface area (Å²) < 4.78 is 27.2. The number of anilines is 1. The summed E-state index contributed by atoms with van der Waals surface area (Å²) in [5.74, 6) is 0. The Morgan fingerprint density at radius 3 is 2.82 bits per heavy atom. The number of halogens is 1. The Balaban J connectivity index is 2.42. The van der Waals surface area contributed by atoms with Crippen molar-refractivity contribution in [2.45, 2.75) is 11.8 Å². The van der Waals surface area contributed by atoms with Gasteiger partial charge < -0.3 is 0 Å². The lowest BCUT2D eigenvalue weighted by molar-refractivity contribution is 0.600. The van der Waals surface area contributed by atoms with E-state index < -0.39 is 10.0 Å². The molecule has 0 bridgehead atoms. The molecule has 0 aliphatic rings. The second-order valence-corrected chi connectivity index (χ2v) is 5.92. The first-order valence-corrected chi connectivity index (χ1v) is 7.05. The molecule has 2 aromatic rings. The summed E-state index contributed by atoms with van der Waals surface area (Å²) in [6.07, 6.45) is 2.88. The Morgan fingerprint density at radius 2 is 2.18 bits per heavy atom. The number of aromatic nitrogens is 2. The van der Waals surface area contributed by atoms with E-state index in [1.807, 2.05) is 13.0 Å². The molecule has 0 unspecified atom stereocenters. The van der Waals surface area contributed by atoms with Crippen LogP contribution in [0, 0.1) is 6.92 Å². The highest BCUT2D eigenvalue weighted by atomic mass is 79.9. The van der Waals surface area contributed by atoms with Crippen molar-refractivity contribution in [1.29, 1.82) is 0 Å². The van der Waals surface area contributed by atoms with E-state index in [2.05, 4.69) is 30.8 Å². The average Bonchev–Trinajstić information content (AvgIpc) is 2.73. The molecule has 0 aliphatic carbocycles. The predicted molar refractivity (Wildman–Crippen MR) is 68.3 cm³/mol. The van der Waals surface area contributed by atoms with Crippen LogP contribution in [-0.2, 0) is 10.0 Å². The van der Waals surface area contributed by atoms with E-state index in [9.17, 15) is 8.42 Å². The van der Waals surface area contributed by atoms with E-state index in [1.165, 1.54) is 12.4 Å². The van der Waals surface area contributed by atoms with Crippen LogP contribution in [0.25, 0.3) is 0 Å². The number of nitrogens with zero attached hydrogens (tertiary/aromatic N) is 1. The first-order valence-electron chi connectivity index (χ1n) is 4.77. The lowest BCUT2D eigenvalue weighted by atomic mass is 10.2. The van der Waals surface area contributed by atoms with Crippen LogP contribution in [0.15, 0.2) is 40.0 Å². The van der Waals surface area contributed by atoms with Crippen LogP contribution in [0.1, 0.15) is 5.56 Å². The number of aromatic amines is 1. The molecule has 0 spiro atoms. The van der Waals surface area contributed by atoms with E-state index in [4.69, 9.17) is 0 Å². The lowest BCUT2D eigenvalue weighted by Gasteiger charge is -2.09. The number of H-pyrrole nitrogens is 1. The summed E-state index contributed by atoms with van der Waals surface area (Å²) in [5.41, 5.74) is 1.26.